The molecule has 3 nitrogen and oxygen atoms in total. The molecule has 0 aliphatic rings. The van der Waals surface area contributed by atoms with E-state index in [9.17, 15) is 4.79 Å². The molecule has 0 aromatic carbocycles. The predicted octanol–water partition coefficient (Wildman–Crippen LogP) is 1.78. The average Bonchev–Trinajstić information content (AvgIpc) is 1.82. The SMILES string of the molecule is C=C(C)S/C=C(\C)NC(N)=O. The lowest BCUT2D eigenvalue weighted by Crippen LogP contribution is -2.27. The van der Waals surface area contributed by atoms with Gasteiger partial charge in [-0.05, 0) is 24.2 Å². The number of nitrogens with one attached hydrogen (secondary N) is 1. The van der Waals surface area contributed by atoms with E-state index in [1.54, 1.807) is 12.3 Å². The Kier molecular flexibility index (Phi) is 4.45. The van der Waals surface area contributed by atoms with E-state index >= 15 is 0 Å². The number of amides is 2. The average molecular weight is 172 g/mol. The van der Waals surface area contributed by atoms with E-state index in [0.29, 0.717) is 0 Å². The molecule has 0 unspecified atom stereocenters. The smallest absolute Gasteiger partial charge is 0.316 e. The summed E-state index contributed by atoms with van der Waals surface area (Å²) in [6.07, 6.45) is 0. The maximum Gasteiger partial charge on any atom is 0.316 e. The first-order chi connectivity index (χ1) is 5.02. The van der Waals surface area contributed by atoms with Crippen molar-refractivity contribution in [1.29, 1.82) is 0 Å². The zero-order valence-electron chi connectivity index (χ0n) is 6.68. The number of hydrogen-bond donors (Lipinski definition) is 2. The fraction of sp³-hybridized carbons (Fsp3) is 0.286. The molecule has 4 heteroatoms. The molecular weight excluding hydrogens is 160 g/mol. The van der Waals surface area contributed by atoms with Gasteiger partial charge in [-0.1, -0.05) is 6.58 Å². The van der Waals surface area contributed by atoms with Crippen molar-refractivity contribution in [2.45, 2.75) is 13.8 Å². The van der Waals surface area contributed by atoms with Crippen molar-refractivity contribution in [3.8, 4) is 0 Å². The van der Waals surface area contributed by atoms with Gasteiger partial charge >= 0.3 is 6.03 Å². The molecule has 0 aliphatic heterocycles. The summed E-state index contributed by atoms with van der Waals surface area (Å²) in [6.45, 7) is 7.33. The second-order valence-electron chi connectivity index (χ2n) is 2.11. The van der Waals surface area contributed by atoms with E-state index in [0.717, 1.165) is 10.6 Å². The minimum Gasteiger partial charge on any atom is -0.351 e. The van der Waals surface area contributed by atoms with Crippen molar-refractivity contribution < 1.29 is 4.79 Å². The Hall–Kier alpha value is -0.900. The van der Waals surface area contributed by atoms with Gasteiger partial charge in [-0.2, -0.15) is 0 Å². The monoisotopic (exact) mass is 172 g/mol. The lowest BCUT2D eigenvalue weighted by molar-refractivity contribution is 0.251. The summed E-state index contributed by atoms with van der Waals surface area (Å²) in [5.41, 5.74) is 5.60. The summed E-state index contributed by atoms with van der Waals surface area (Å²) in [6, 6.07) is -0.541. The summed E-state index contributed by atoms with van der Waals surface area (Å²) < 4.78 is 0. The molecule has 11 heavy (non-hydrogen) atoms. The van der Waals surface area contributed by atoms with Crippen LogP contribution in [0.15, 0.2) is 22.6 Å². The molecule has 0 aliphatic carbocycles. The van der Waals surface area contributed by atoms with Gasteiger partial charge in [-0.25, -0.2) is 4.79 Å². The van der Waals surface area contributed by atoms with E-state index < -0.39 is 6.03 Å². The van der Waals surface area contributed by atoms with Gasteiger partial charge in [0.25, 0.3) is 0 Å². The van der Waals surface area contributed by atoms with Crippen molar-refractivity contribution >= 4 is 17.8 Å². The molecular formula is C7H12N2OS. The highest BCUT2D eigenvalue weighted by atomic mass is 32.2. The zero-order chi connectivity index (χ0) is 8.85. The number of rotatable bonds is 3. The molecule has 62 valence electrons. The highest BCUT2D eigenvalue weighted by molar-refractivity contribution is 8.05. The molecule has 0 bridgehead atoms. The third-order valence-corrected chi connectivity index (χ3v) is 1.63. The van der Waals surface area contributed by atoms with Crippen LogP contribution in [-0.2, 0) is 0 Å². The van der Waals surface area contributed by atoms with Crippen LogP contribution >= 0.6 is 11.8 Å². The van der Waals surface area contributed by atoms with Crippen LogP contribution in [0.3, 0.4) is 0 Å². The Morgan fingerprint density at radius 2 is 2.18 bits per heavy atom. The van der Waals surface area contributed by atoms with Crippen molar-refractivity contribution in [3.63, 3.8) is 0 Å². The Morgan fingerprint density at radius 1 is 1.64 bits per heavy atom. The van der Waals surface area contributed by atoms with Crippen LogP contribution in [0.2, 0.25) is 0 Å². The van der Waals surface area contributed by atoms with E-state index in [1.165, 1.54) is 11.8 Å². The lowest BCUT2D eigenvalue weighted by atomic mass is 10.6. The van der Waals surface area contributed by atoms with E-state index in [2.05, 4.69) is 11.9 Å². The predicted molar refractivity (Wildman–Crippen MR) is 48.9 cm³/mol. The Balaban J connectivity index is 3.81. The summed E-state index contributed by atoms with van der Waals surface area (Å²) in [7, 11) is 0. The summed E-state index contributed by atoms with van der Waals surface area (Å²) in [5, 5.41) is 4.22. The third kappa shape index (κ3) is 6.99. The minimum atomic E-state index is -0.541. The molecule has 0 aromatic heterocycles. The second kappa shape index (κ2) is 4.85. The van der Waals surface area contributed by atoms with Gasteiger partial charge in [0.15, 0.2) is 0 Å². The lowest BCUT2D eigenvalue weighted by Gasteiger charge is -1.99. The second-order valence-corrected chi connectivity index (χ2v) is 3.28. The first-order valence-corrected chi connectivity index (χ1v) is 3.95. The van der Waals surface area contributed by atoms with Crippen LogP contribution in [0, 0.1) is 0 Å². The molecule has 0 rings (SSSR count). The molecule has 0 saturated carbocycles. The van der Waals surface area contributed by atoms with Gasteiger partial charge < -0.3 is 11.1 Å². The van der Waals surface area contributed by atoms with Gasteiger partial charge in [-0.15, -0.1) is 11.8 Å². The summed E-state index contributed by atoms with van der Waals surface area (Å²) >= 11 is 1.45. The number of urea groups is 1. The molecule has 3 N–H and O–H groups in total. The zero-order valence-corrected chi connectivity index (χ0v) is 7.49. The van der Waals surface area contributed by atoms with Gasteiger partial charge in [0.05, 0.1) is 0 Å². The van der Waals surface area contributed by atoms with Crippen molar-refractivity contribution in [2.75, 3.05) is 0 Å². The number of primary amides is 1. The van der Waals surface area contributed by atoms with E-state index in [1.807, 2.05) is 6.92 Å². The Bertz CT molecular complexity index is 199. The van der Waals surface area contributed by atoms with Gasteiger partial charge in [-0.3, -0.25) is 0 Å². The van der Waals surface area contributed by atoms with Gasteiger partial charge in [0.1, 0.15) is 0 Å². The molecule has 0 saturated heterocycles. The molecule has 0 heterocycles. The first kappa shape index (κ1) is 10.1. The number of thioether (sulfide) groups is 1. The van der Waals surface area contributed by atoms with Gasteiger partial charge in [0, 0.05) is 5.70 Å². The van der Waals surface area contributed by atoms with Crippen LogP contribution in [0.25, 0.3) is 0 Å². The van der Waals surface area contributed by atoms with Crippen LogP contribution in [0.1, 0.15) is 13.8 Å². The molecule has 0 radical (unpaired) electrons. The van der Waals surface area contributed by atoms with Crippen molar-refractivity contribution in [3.05, 3.63) is 22.6 Å². The fourth-order valence-electron chi connectivity index (χ4n) is 0.413. The van der Waals surface area contributed by atoms with Crippen molar-refractivity contribution in [1.82, 2.24) is 5.32 Å². The minimum absolute atomic E-state index is 0.541. The number of allylic oxidation sites excluding steroid dienone is 2. The largest absolute Gasteiger partial charge is 0.351 e. The first-order valence-electron chi connectivity index (χ1n) is 3.07. The molecule has 2 amide bonds. The van der Waals surface area contributed by atoms with E-state index in [4.69, 9.17) is 5.73 Å². The Labute approximate surface area is 70.7 Å². The number of nitrogens with two attached hydrogens (primary N) is 1. The molecule has 0 spiro atoms. The molecule has 0 aromatic rings. The van der Waals surface area contributed by atoms with Gasteiger partial charge in [0.2, 0.25) is 0 Å². The number of carbonyl (C=O) groups is 1. The standard InChI is InChI=1S/C7H12N2OS/c1-5(2)11-4-6(3)9-7(8)10/h4H,1H2,2-3H3,(H3,8,9,10)/b6-4+. The molecule has 0 fully saturated rings. The maximum absolute atomic E-state index is 10.3. The van der Waals surface area contributed by atoms with Crippen LogP contribution in [-0.4, -0.2) is 6.03 Å². The van der Waals surface area contributed by atoms with Crippen molar-refractivity contribution in [2.24, 2.45) is 5.73 Å². The van der Waals surface area contributed by atoms with Crippen LogP contribution in [0.4, 0.5) is 4.79 Å². The fourth-order valence-corrected chi connectivity index (χ4v) is 0.850. The topological polar surface area (TPSA) is 55.1 Å². The quantitative estimate of drug-likeness (QED) is 0.681. The normalized spacial score (nSPS) is 10.9. The molecule has 0 atom stereocenters. The highest BCUT2D eigenvalue weighted by Crippen LogP contribution is 2.14. The third-order valence-electron chi connectivity index (χ3n) is 0.757. The van der Waals surface area contributed by atoms with E-state index in [-0.39, 0.29) is 0 Å². The summed E-state index contributed by atoms with van der Waals surface area (Å²) in [4.78, 5) is 11.3. The number of hydrogen-bond acceptors (Lipinski definition) is 2. The van der Waals surface area contributed by atoms with Crippen LogP contribution < -0.4 is 11.1 Å². The number of carbonyl (C=O) groups excluding carboxylic acids is 1. The highest BCUT2D eigenvalue weighted by Gasteiger charge is 1.91. The maximum atomic E-state index is 10.3. The van der Waals surface area contributed by atoms with Crippen LogP contribution in [0.5, 0.6) is 0 Å². The Morgan fingerprint density at radius 3 is 2.55 bits per heavy atom. The summed E-state index contributed by atoms with van der Waals surface area (Å²) in [5.74, 6) is 0.